The van der Waals surface area contributed by atoms with E-state index in [0.29, 0.717) is 29.0 Å². The maximum atomic E-state index is 13.3. The number of hydrogen-bond acceptors (Lipinski definition) is 6. The SMILES string of the molecule is CCOc1ccc(Cl)c(/C(O)=C2\C(=O)C(=O)N(c3nc4ccccc4[nH]3)C2c2ccncc2)c1. The lowest BCUT2D eigenvalue weighted by atomic mass is 9.96. The number of rotatable bonds is 5. The van der Waals surface area contributed by atoms with E-state index in [1.165, 1.54) is 4.90 Å². The molecule has 1 amide bonds. The molecule has 0 saturated carbocycles. The summed E-state index contributed by atoms with van der Waals surface area (Å²) in [6.45, 7) is 2.24. The van der Waals surface area contributed by atoms with E-state index in [9.17, 15) is 14.7 Å². The van der Waals surface area contributed by atoms with Gasteiger partial charge in [0, 0.05) is 18.0 Å². The van der Waals surface area contributed by atoms with E-state index in [0.717, 1.165) is 0 Å². The summed E-state index contributed by atoms with van der Waals surface area (Å²) in [7, 11) is 0. The molecule has 0 spiro atoms. The fraction of sp³-hybridized carbons (Fsp3) is 0.120. The number of H-pyrrole nitrogens is 1. The van der Waals surface area contributed by atoms with Crippen molar-refractivity contribution in [3.05, 3.63) is 88.7 Å². The Kier molecular flexibility index (Phi) is 5.51. The minimum absolute atomic E-state index is 0.104. The second-order valence-corrected chi connectivity index (χ2v) is 8.01. The van der Waals surface area contributed by atoms with Crippen molar-refractivity contribution in [1.82, 2.24) is 15.0 Å². The summed E-state index contributed by atoms with van der Waals surface area (Å²) in [6, 6.07) is 14.5. The van der Waals surface area contributed by atoms with Gasteiger partial charge in [0.25, 0.3) is 5.78 Å². The van der Waals surface area contributed by atoms with Crippen LogP contribution in [0.3, 0.4) is 0 Å². The minimum atomic E-state index is -0.949. The average Bonchev–Trinajstić information content (AvgIpc) is 3.39. The number of ketones is 1. The Balaban J connectivity index is 1.73. The number of nitrogens with zero attached hydrogens (tertiary/aromatic N) is 3. The Morgan fingerprint density at radius 1 is 1.15 bits per heavy atom. The number of Topliss-reactive ketones (excluding diaryl/α,β-unsaturated/α-hetero) is 1. The number of halogens is 1. The first-order chi connectivity index (χ1) is 16.5. The van der Waals surface area contributed by atoms with Gasteiger partial charge in [-0.3, -0.25) is 19.5 Å². The van der Waals surface area contributed by atoms with Crippen LogP contribution in [0.15, 0.2) is 72.6 Å². The van der Waals surface area contributed by atoms with Crippen LogP contribution in [0.2, 0.25) is 5.02 Å². The predicted octanol–water partition coefficient (Wildman–Crippen LogP) is 4.64. The maximum absolute atomic E-state index is 13.3. The summed E-state index contributed by atoms with van der Waals surface area (Å²) in [5, 5.41) is 11.5. The molecule has 5 rings (SSSR count). The van der Waals surface area contributed by atoms with Gasteiger partial charge in [0.15, 0.2) is 0 Å². The zero-order valence-electron chi connectivity index (χ0n) is 18.0. The van der Waals surface area contributed by atoms with Crippen LogP contribution in [-0.4, -0.2) is 38.4 Å². The standard InChI is InChI=1S/C25H19ClN4O4/c1-2-34-15-7-8-17(26)16(13-15)22(31)20-21(14-9-11-27-12-10-14)30(24(33)23(20)32)25-28-18-5-3-4-6-19(18)29-25/h3-13,21,31H,2H2,1H3,(H,28,29)/b22-20+. The van der Waals surface area contributed by atoms with Crippen molar-refractivity contribution in [2.24, 2.45) is 0 Å². The van der Waals surface area contributed by atoms with Gasteiger partial charge in [-0.25, -0.2) is 4.98 Å². The van der Waals surface area contributed by atoms with Crippen molar-refractivity contribution in [1.29, 1.82) is 0 Å². The summed E-state index contributed by atoms with van der Waals surface area (Å²) in [6.07, 6.45) is 3.10. The molecule has 1 unspecified atom stereocenters. The first-order valence-corrected chi connectivity index (χ1v) is 11.0. The lowest BCUT2D eigenvalue weighted by Crippen LogP contribution is -2.30. The number of pyridine rings is 1. The average molecular weight is 475 g/mol. The molecule has 9 heteroatoms. The van der Waals surface area contributed by atoms with Gasteiger partial charge in [0.2, 0.25) is 5.95 Å². The molecule has 1 saturated heterocycles. The van der Waals surface area contributed by atoms with E-state index < -0.39 is 23.5 Å². The summed E-state index contributed by atoms with van der Waals surface area (Å²) in [5.74, 6) is -1.40. The Hall–Kier alpha value is -4.17. The van der Waals surface area contributed by atoms with Crippen molar-refractivity contribution in [2.45, 2.75) is 13.0 Å². The Morgan fingerprint density at radius 3 is 2.65 bits per heavy atom. The van der Waals surface area contributed by atoms with Crippen LogP contribution in [-0.2, 0) is 9.59 Å². The number of benzene rings is 2. The highest BCUT2D eigenvalue weighted by Gasteiger charge is 2.48. The highest BCUT2D eigenvalue weighted by atomic mass is 35.5. The van der Waals surface area contributed by atoms with E-state index in [2.05, 4.69) is 15.0 Å². The first kappa shape index (κ1) is 21.7. The molecule has 8 nitrogen and oxygen atoms in total. The van der Waals surface area contributed by atoms with Gasteiger partial charge < -0.3 is 14.8 Å². The number of aromatic nitrogens is 3. The minimum Gasteiger partial charge on any atom is -0.507 e. The smallest absolute Gasteiger partial charge is 0.302 e. The maximum Gasteiger partial charge on any atom is 0.302 e. The molecule has 34 heavy (non-hydrogen) atoms. The molecule has 3 heterocycles. The highest BCUT2D eigenvalue weighted by Crippen LogP contribution is 2.42. The predicted molar refractivity (Wildman–Crippen MR) is 128 cm³/mol. The van der Waals surface area contributed by atoms with Gasteiger partial charge >= 0.3 is 5.91 Å². The number of imidazole rings is 1. The van der Waals surface area contributed by atoms with Gasteiger partial charge in [-0.1, -0.05) is 23.7 Å². The molecule has 0 aliphatic carbocycles. The molecule has 1 aliphatic rings. The molecular formula is C25H19ClN4O4. The molecule has 2 aromatic heterocycles. The molecule has 1 atom stereocenters. The number of aromatic amines is 1. The lowest BCUT2D eigenvalue weighted by molar-refractivity contribution is -0.132. The molecule has 1 aliphatic heterocycles. The third kappa shape index (κ3) is 3.58. The number of aliphatic hydroxyl groups is 1. The zero-order chi connectivity index (χ0) is 23.8. The summed E-state index contributed by atoms with van der Waals surface area (Å²) < 4.78 is 5.52. The molecule has 0 radical (unpaired) electrons. The van der Waals surface area contributed by atoms with Crippen molar-refractivity contribution < 1.29 is 19.4 Å². The second-order valence-electron chi connectivity index (χ2n) is 7.60. The fourth-order valence-corrected chi connectivity index (χ4v) is 4.26. The summed E-state index contributed by atoms with van der Waals surface area (Å²) in [5.41, 5.74) is 2.01. The van der Waals surface area contributed by atoms with Gasteiger partial charge in [0.1, 0.15) is 11.5 Å². The van der Waals surface area contributed by atoms with Crippen molar-refractivity contribution in [3.8, 4) is 5.75 Å². The normalized spacial score (nSPS) is 17.5. The number of nitrogens with one attached hydrogen (secondary N) is 1. The number of amides is 1. The lowest BCUT2D eigenvalue weighted by Gasteiger charge is -2.23. The third-order valence-electron chi connectivity index (χ3n) is 5.58. The number of ether oxygens (including phenoxy) is 1. The van der Waals surface area contributed by atoms with E-state index in [1.54, 1.807) is 48.8 Å². The molecule has 0 bridgehead atoms. The number of hydrogen-bond donors (Lipinski definition) is 2. The number of aliphatic hydroxyl groups excluding tert-OH is 1. The number of anilines is 1. The highest BCUT2D eigenvalue weighted by molar-refractivity contribution is 6.51. The van der Waals surface area contributed by atoms with Crippen LogP contribution in [0, 0.1) is 0 Å². The number of carbonyl (C=O) groups excluding carboxylic acids is 2. The van der Waals surface area contributed by atoms with Crippen molar-refractivity contribution in [2.75, 3.05) is 11.5 Å². The van der Waals surface area contributed by atoms with E-state index >= 15 is 0 Å². The van der Waals surface area contributed by atoms with Crippen LogP contribution in [0.25, 0.3) is 16.8 Å². The Bertz CT molecular complexity index is 1410. The Morgan fingerprint density at radius 2 is 1.91 bits per heavy atom. The molecule has 4 aromatic rings. The molecule has 170 valence electrons. The third-order valence-corrected chi connectivity index (χ3v) is 5.90. The van der Waals surface area contributed by atoms with Gasteiger partial charge in [-0.15, -0.1) is 0 Å². The van der Waals surface area contributed by atoms with Crippen LogP contribution < -0.4 is 9.64 Å². The van der Waals surface area contributed by atoms with Gasteiger partial charge in [-0.05, 0) is 55.0 Å². The van der Waals surface area contributed by atoms with E-state index in [1.807, 2.05) is 25.1 Å². The number of carbonyl (C=O) groups is 2. The van der Waals surface area contributed by atoms with Crippen LogP contribution >= 0.6 is 11.6 Å². The monoisotopic (exact) mass is 474 g/mol. The topological polar surface area (TPSA) is 108 Å². The van der Waals surface area contributed by atoms with Crippen LogP contribution in [0.1, 0.15) is 24.1 Å². The van der Waals surface area contributed by atoms with Gasteiger partial charge in [-0.2, -0.15) is 0 Å². The van der Waals surface area contributed by atoms with E-state index in [-0.39, 0.29) is 22.1 Å². The fourth-order valence-electron chi connectivity index (χ4n) is 4.05. The molecule has 1 fully saturated rings. The van der Waals surface area contributed by atoms with Gasteiger partial charge in [0.05, 0.1) is 34.3 Å². The van der Waals surface area contributed by atoms with Crippen LogP contribution in [0.5, 0.6) is 5.75 Å². The largest absolute Gasteiger partial charge is 0.507 e. The second kappa shape index (κ2) is 8.64. The van der Waals surface area contributed by atoms with Crippen molar-refractivity contribution >= 4 is 46.0 Å². The quantitative estimate of drug-likeness (QED) is 0.248. The number of fused-ring (bicyclic) bond motifs is 1. The first-order valence-electron chi connectivity index (χ1n) is 10.6. The zero-order valence-corrected chi connectivity index (χ0v) is 18.8. The summed E-state index contributed by atoms with van der Waals surface area (Å²) >= 11 is 6.37. The molecule has 2 aromatic carbocycles. The van der Waals surface area contributed by atoms with Crippen molar-refractivity contribution in [3.63, 3.8) is 0 Å². The molecular weight excluding hydrogens is 456 g/mol. The summed E-state index contributed by atoms with van der Waals surface area (Å²) in [4.78, 5) is 39.4. The van der Waals surface area contributed by atoms with E-state index in [4.69, 9.17) is 16.3 Å². The Labute approximate surface area is 199 Å². The number of para-hydroxylation sites is 2. The van der Waals surface area contributed by atoms with Crippen LogP contribution in [0.4, 0.5) is 5.95 Å². The molecule has 2 N–H and O–H groups in total.